The monoisotopic (exact) mass is 464 g/mol. The molecule has 3 rings (SSSR count). The smallest absolute Gasteiger partial charge is 0.311 e. The molecular formula is C29H40O3Si. The Bertz CT molecular complexity index is 914. The second kappa shape index (κ2) is 9.59. The number of carbonyl (C=O) groups is 1. The zero-order chi connectivity index (χ0) is 24.4. The van der Waals surface area contributed by atoms with Crippen LogP contribution in [0.1, 0.15) is 61.3 Å². The molecule has 178 valence electrons. The lowest BCUT2D eigenvalue weighted by Crippen LogP contribution is -2.68. The Balaban J connectivity index is 2.04. The number of esters is 1. The van der Waals surface area contributed by atoms with Crippen LogP contribution >= 0.6 is 0 Å². The molecule has 0 bridgehead atoms. The predicted octanol–water partition coefficient (Wildman–Crippen LogP) is 5.88. The first kappa shape index (κ1) is 25.4. The van der Waals surface area contributed by atoms with Crippen LogP contribution in [0.2, 0.25) is 5.04 Å². The van der Waals surface area contributed by atoms with E-state index in [2.05, 4.69) is 94.9 Å². The lowest BCUT2D eigenvalue weighted by Gasteiger charge is -2.47. The van der Waals surface area contributed by atoms with Crippen molar-refractivity contribution < 1.29 is 14.0 Å². The third-order valence-corrected chi connectivity index (χ3v) is 11.8. The van der Waals surface area contributed by atoms with E-state index in [1.165, 1.54) is 10.4 Å². The third kappa shape index (κ3) is 5.33. The molecule has 0 amide bonds. The van der Waals surface area contributed by atoms with Gasteiger partial charge in [-0.1, -0.05) is 94.9 Å². The van der Waals surface area contributed by atoms with Gasteiger partial charge in [-0.2, -0.15) is 0 Å². The fraction of sp³-hybridized carbons (Fsp3) is 0.483. The van der Waals surface area contributed by atoms with Gasteiger partial charge in [-0.25, -0.2) is 0 Å². The summed E-state index contributed by atoms with van der Waals surface area (Å²) >= 11 is 0. The topological polar surface area (TPSA) is 35.5 Å². The lowest BCUT2D eigenvalue weighted by molar-refractivity contribution is -0.163. The second-order valence-corrected chi connectivity index (χ2v) is 15.8. The Kier molecular flexibility index (Phi) is 7.40. The third-order valence-electron chi connectivity index (χ3n) is 6.73. The molecule has 2 aromatic carbocycles. The quantitative estimate of drug-likeness (QED) is 0.315. The van der Waals surface area contributed by atoms with Crippen LogP contribution in [-0.4, -0.2) is 26.5 Å². The Morgan fingerprint density at radius 2 is 1.39 bits per heavy atom. The summed E-state index contributed by atoms with van der Waals surface area (Å²) in [6.07, 6.45) is 1.10. The van der Waals surface area contributed by atoms with Crippen molar-refractivity contribution in [3.8, 4) is 0 Å². The van der Waals surface area contributed by atoms with Crippen LogP contribution in [-0.2, 0) is 14.0 Å². The number of benzene rings is 2. The first-order valence-electron chi connectivity index (χ1n) is 12.0. The fourth-order valence-corrected chi connectivity index (χ4v) is 9.51. The van der Waals surface area contributed by atoms with Crippen LogP contribution in [0.3, 0.4) is 0 Å². The Morgan fingerprint density at radius 3 is 1.82 bits per heavy atom. The van der Waals surface area contributed by atoms with Crippen molar-refractivity contribution in [1.29, 1.82) is 0 Å². The first-order valence-corrected chi connectivity index (χ1v) is 13.9. The van der Waals surface area contributed by atoms with Gasteiger partial charge < -0.3 is 9.16 Å². The Labute approximate surface area is 201 Å². The van der Waals surface area contributed by atoms with E-state index in [0.717, 1.165) is 12.0 Å². The lowest BCUT2D eigenvalue weighted by atomic mass is 9.83. The Morgan fingerprint density at radius 1 is 0.909 bits per heavy atom. The molecule has 0 heterocycles. The van der Waals surface area contributed by atoms with Crippen molar-refractivity contribution in [2.75, 3.05) is 0 Å². The highest BCUT2D eigenvalue weighted by Gasteiger charge is 2.52. The molecule has 0 aliphatic heterocycles. The molecule has 33 heavy (non-hydrogen) atoms. The molecule has 1 aliphatic carbocycles. The maximum absolute atomic E-state index is 12.7. The molecule has 4 heteroatoms. The van der Waals surface area contributed by atoms with Crippen molar-refractivity contribution in [2.45, 2.75) is 78.6 Å². The first-order chi connectivity index (χ1) is 15.4. The van der Waals surface area contributed by atoms with Crippen molar-refractivity contribution >= 4 is 24.7 Å². The van der Waals surface area contributed by atoms with Gasteiger partial charge in [-0.3, -0.25) is 4.79 Å². The maximum Gasteiger partial charge on any atom is 0.311 e. The minimum absolute atomic E-state index is 0.114. The summed E-state index contributed by atoms with van der Waals surface area (Å²) in [5, 5.41) is 2.38. The molecule has 0 aromatic heterocycles. The number of hydrogen-bond acceptors (Lipinski definition) is 3. The highest BCUT2D eigenvalue weighted by Crippen LogP contribution is 2.41. The number of hydrogen-bond donors (Lipinski definition) is 0. The summed E-state index contributed by atoms with van der Waals surface area (Å²) in [6.45, 7) is 19.1. The van der Waals surface area contributed by atoms with Crippen LogP contribution in [0.25, 0.3) is 0 Å². The van der Waals surface area contributed by atoms with Gasteiger partial charge in [0.1, 0.15) is 6.10 Å². The van der Waals surface area contributed by atoms with E-state index in [0.29, 0.717) is 6.42 Å². The standard InChI is InChI=1S/C29H40O3Si/c1-21-19-22(2)26(20-25(21)31-27(30)28(3,4)5)32-33(29(6,7)8,23-15-11-9-12-16-23)24-17-13-10-14-18-24/h9-18,21,25-26H,2,19-20H2,1,3-8H3/t21-,25-,26-/m1/s1. The van der Waals surface area contributed by atoms with E-state index in [1.807, 2.05) is 20.8 Å². The molecule has 0 spiro atoms. The molecule has 1 aliphatic rings. The second-order valence-electron chi connectivity index (χ2n) is 11.5. The summed E-state index contributed by atoms with van der Waals surface area (Å²) in [5.41, 5.74) is 0.571. The predicted molar refractivity (Wildman–Crippen MR) is 139 cm³/mol. The van der Waals surface area contributed by atoms with Gasteiger partial charge in [0.05, 0.1) is 11.5 Å². The van der Waals surface area contributed by atoms with E-state index < -0.39 is 13.7 Å². The van der Waals surface area contributed by atoms with Gasteiger partial charge >= 0.3 is 5.97 Å². The van der Waals surface area contributed by atoms with Crippen LogP contribution in [0.5, 0.6) is 0 Å². The summed E-state index contributed by atoms with van der Waals surface area (Å²) in [6, 6.07) is 21.3. The van der Waals surface area contributed by atoms with Crippen LogP contribution in [0.4, 0.5) is 0 Å². The summed E-state index contributed by atoms with van der Waals surface area (Å²) < 4.78 is 13.3. The highest BCUT2D eigenvalue weighted by atomic mass is 28.4. The average Bonchev–Trinajstić information content (AvgIpc) is 2.74. The number of ether oxygens (including phenoxy) is 1. The summed E-state index contributed by atoms with van der Waals surface area (Å²) in [4.78, 5) is 12.7. The number of carbonyl (C=O) groups excluding carboxylic acids is 1. The van der Waals surface area contributed by atoms with E-state index in [9.17, 15) is 4.79 Å². The van der Waals surface area contributed by atoms with E-state index in [-0.39, 0.29) is 29.1 Å². The van der Waals surface area contributed by atoms with E-state index >= 15 is 0 Å². The van der Waals surface area contributed by atoms with Crippen molar-refractivity contribution in [1.82, 2.24) is 0 Å². The highest BCUT2D eigenvalue weighted by molar-refractivity contribution is 6.99. The normalized spacial score (nSPS) is 22.2. The van der Waals surface area contributed by atoms with Crippen LogP contribution in [0.15, 0.2) is 72.8 Å². The van der Waals surface area contributed by atoms with Gasteiger partial charge in [0, 0.05) is 6.42 Å². The van der Waals surface area contributed by atoms with E-state index in [4.69, 9.17) is 9.16 Å². The zero-order valence-corrected chi connectivity index (χ0v) is 22.4. The molecular weight excluding hydrogens is 424 g/mol. The zero-order valence-electron chi connectivity index (χ0n) is 21.4. The molecule has 1 fully saturated rings. The van der Waals surface area contributed by atoms with Gasteiger partial charge in [-0.15, -0.1) is 0 Å². The molecule has 1 saturated carbocycles. The van der Waals surface area contributed by atoms with Crippen LogP contribution in [0, 0.1) is 11.3 Å². The molecule has 0 saturated heterocycles. The van der Waals surface area contributed by atoms with E-state index in [1.54, 1.807) is 0 Å². The number of rotatable bonds is 5. The van der Waals surface area contributed by atoms with Crippen LogP contribution < -0.4 is 10.4 Å². The minimum atomic E-state index is -2.71. The minimum Gasteiger partial charge on any atom is -0.462 e. The largest absolute Gasteiger partial charge is 0.462 e. The average molecular weight is 465 g/mol. The van der Waals surface area contributed by atoms with Crippen molar-refractivity contribution in [3.63, 3.8) is 0 Å². The van der Waals surface area contributed by atoms with Gasteiger partial charge in [0.15, 0.2) is 0 Å². The molecule has 3 nitrogen and oxygen atoms in total. The van der Waals surface area contributed by atoms with Gasteiger partial charge in [0.25, 0.3) is 8.32 Å². The molecule has 3 atom stereocenters. The molecule has 0 radical (unpaired) electrons. The van der Waals surface area contributed by atoms with Crippen molar-refractivity contribution in [3.05, 3.63) is 72.8 Å². The van der Waals surface area contributed by atoms with Gasteiger partial charge in [-0.05, 0) is 54.1 Å². The van der Waals surface area contributed by atoms with Crippen molar-refractivity contribution in [2.24, 2.45) is 11.3 Å². The molecule has 0 N–H and O–H groups in total. The summed E-state index contributed by atoms with van der Waals surface area (Å²) in [5.74, 6) is 0.0684. The maximum atomic E-state index is 12.7. The SMILES string of the molecule is C=C1C[C@@H](C)[C@H](OC(=O)C(C)(C)C)C[C@H]1O[Si](c1ccccc1)(c1ccccc1)C(C)(C)C. The Hall–Kier alpha value is -2.17. The molecule has 0 unspecified atom stereocenters. The summed E-state index contributed by atoms with van der Waals surface area (Å²) in [7, 11) is -2.71. The fourth-order valence-electron chi connectivity index (χ4n) is 4.80. The van der Waals surface area contributed by atoms with Gasteiger partial charge in [0.2, 0.25) is 0 Å². The molecule has 2 aromatic rings.